The van der Waals surface area contributed by atoms with Crippen LogP contribution in [-0.4, -0.2) is 28.3 Å². The van der Waals surface area contributed by atoms with E-state index in [0.29, 0.717) is 5.75 Å². The maximum atomic E-state index is 12.6. The molecule has 0 atom stereocenters. The van der Waals surface area contributed by atoms with Crippen molar-refractivity contribution in [3.63, 3.8) is 0 Å². The molecule has 1 amide bonds. The lowest BCUT2D eigenvalue weighted by Gasteiger charge is -2.17. The Morgan fingerprint density at radius 1 is 0.926 bits per heavy atom. The van der Waals surface area contributed by atoms with Crippen molar-refractivity contribution in [3.8, 4) is 5.69 Å². The summed E-state index contributed by atoms with van der Waals surface area (Å²) in [5, 5.41) is 0.817. The van der Waals surface area contributed by atoms with Crippen molar-refractivity contribution >= 4 is 34.4 Å². The zero-order valence-electron chi connectivity index (χ0n) is 14.9. The van der Waals surface area contributed by atoms with E-state index in [9.17, 15) is 4.79 Å². The van der Waals surface area contributed by atoms with Gasteiger partial charge in [0, 0.05) is 18.4 Å². The van der Waals surface area contributed by atoms with Gasteiger partial charge in [-0.15, -0.1) is 0 Å². The van der Waals surface area contributed by atoms with Crippen LogP contribution in [-0.2, 0) is 4.79 Å². The standard InChI is InChI=1S/C22H19N3OS/c1-24(17-10-4-2-5-11-17)21(26)16-27-22-23-19-14-8-9-15-20(19)25(22)18-12-6-3-7-13-18/h2-15H,16H2,1H3. The summed E-state index contributed by atoms with van der Waals surface area (Å²) in [4.78, 5) is 19.1. The van der Waals surface area contributed by atoms with Gasteiger partial charge in [0.25, 0.3) is 0 Å². The zero-order chi connectivity index (χ0) is 18.6. The Morgan fingerprint density at radius 2 is 1.56 bits per heavy atom. The summed E-state index contributed by atoms with van der Waals surface area (Å²) in [5.41, 5.74) is 3.89. The number of amides is 1. The fraction of sp³-hybridized carbons (Fsp3) is 0.0909. The summed E-state index contributed by atoms with van der Waals surface area (Å²) in [5.74, 6) is 0.361. The van der Waals surface area contributed by atoms with Crippen LogP contribution < -0.4 is 4.90 Å². The number of para-hydroxylation sites is 4. The molecule has 0 bridgehead atoms. The maximum absolute atomic E-state index is 12.6. The molecule has 0 aliphatic carbocycles. The molecule has 0 N–H and O–H groups in total. The van der Waals surface area contributed by atoms with Gasteiger partial charge in [0.15, 0.2) is 5.16 Å². The smallest absolute Gasteiger partial charge is 0.237 e. The predicted molar refractivity (Wildman–Crippen MR) is 112 cm³/mol. The van der Waals surface area contributed by atoms with E-state index in [1.165, 1.54) is 11.8 Å². The molecule has 3 aromatic carbocycles. The molecule has 0 saturated heterocycles. The number of benzene rings is 3. The van der Waals surface area contributed by atoms with Crippen LogP contribution in [0.1, 0.15) is 0 Å². The van der Waals surface area contributed by atoms with Gasteiger partial charge in [0.1, 0.15) is 0 Å². The molecule has 1 heterocycles. The molecule has 5 heteroatoms. The summed E-state index contributed by atoms with van der Waals surface area (Å²) in [6.07, 6.45) is 0. The molecule has 4 aromatic rings. The number of hydrogen-bond donors (Lipinski definition) is 0. The molecule has 0 spiro atoms. The summed E-state index contributed by atoms with van der Waals surface area (Å²) in [7, 11) is 1.80. The molecule has 0 aliphatic rings. The minimum absolute atomic E-state index is 0.0397. The Kier molecular flexibility index (Phi) is 4.94. The van der Waals surface area contributed by atoms with Crippen LogP contribution in [0.4, 0.5) is 5.69 Å². The summed E-state index contributed by atoms with van der Waals surface area (Å²) in [6.45, 7) is 0. The van der Waals surface area contributed by atoms with Crippen LogP contribution in [0.3, 0.4) is 0 Å². The van der Waals surface area contributed by atoms with Gasteiger partial charge in [-0.05, 0) is 36.4 Å². The van der Waals surface area contributed by atoms with E-state index < -0.39 is 0 Å². The summed E-state index contributed by atoms with van der Waals surface area (Å²) in [6, 6.07) is 27.8. The van der Waals surface area contributed by atoms with E-state index in [1.807, 2.05) is 66.7 Å². The van der Waals surface area contributed by atoms with Gasteiger partial charge in [0.05, 0.1) is 16.8 Å². The molecule has 0 unspecified atom stereocenters. The van der Waals surface area contributed by atoms with E-state index in [0.717, 1.165) is 27.6 Å². The average Bonchev–Trinajstić information content (AvgIpc) is 3.11. The number of thioether (sulfide) groups is 1. The highest BCUT2D eigenvalue weighted by molar-refractivity contribution is 7.99. The number of fused-ring (bicyclic) bond motifs is 1. The Labute approximate surface area is 162 Å². The number of anilines is 1. The molecule has 4 nitrogen and oxygen atoms in total. The number of imidazole rings is 1. The molecular formula is C22H19N3OS. The van der Waals surface area contributed by atoms with Crippen molar-refractivity contribution in [1.29, 1.82) is 0 Å². The first-order valence-electron chi connectivity index (χ1n) is 8.71. The normalized spacial score (nSPS) is 10.9. The number of carbonyl (C=O) groups excluding carboxylic acids is 1. The van der Waals surface area contributed by atoms with Gasteiger partial charge < -0.3 is 4.90 Å². The molecule has 1 aromatic heterocycles. The lowest BCUT2D eigenvalue weighted by molar-refractivity contribution is -0.115. The SMILES string of the molecule is CN(C(=O)CSc1nc2ccccc2n1-c1ccccc1)c1ccccc1. The second kappa shape index (κ2) is 7.68. The van der Waals surface area contributed by atoms with Crippen molar-refractivity contribution in [2.45, 2.75) is 5.16 Å². The zero-order valence-corrected chi connectivity index (χ0v) is 15.8. The van der Waals surface area contributed by atoms with Crippen molar-refractivity contribution < 1.29 is 4.79 Å². The van der Waals surface area contributed by atoms with E-state index in [2.05, 4.69) is 22.8 Å². The average molecular weight is 373 g/mol. The van der Waals surface area contributed by atoms with Crippen LogP contribution in [0.2, 0.25) is 0 Å². The number of carbonyl (C=O) groups is 1. The monoisotopic (exact) mass is 373 g/mol. The fourth-order valence-corrected chi connectivity index (χ4v) is 3.89. The third kappa shape index (κ3) is 3.59. The van der Waals surface area contributed by atoms with Crippen molar-refractivity contribution in [2.24, 2.45) is 0 Å². The summed E-state index contributed by atoms with van der Waals surface area (Å²) < 4.78 is 2.11. The Morgan fingerprint density at radius 3 is 2.30 bits per heavy atom. The Bertz CT molecular complexity index is 1060. The lowest BCUT2D eigenvalue weighted by Crippen LogP contribution is -2.27. The first kappa shape index (κ1) is 17.4. The molecule has 134 valence electrons. The van der Waals surface area contributed by atoms with Gasteiger partial charge in [-0.2, -0.15) is 0 Å². The maximum Gasteiger partial charge on any atom is 0.237 e. The fourth-order valence-electron chi connectivity index (χ4n) is 2.95. The molecule has 0 saturated carbocycles. The minimum atomic E-state index is 0.0397. The van der Waals surface area contributed by atoms with Gasteiger partial charge >= 0.3 is 0 Å². The van der Waals surface area contributed by atoms with Crippen LogP contribution >= 0.6 is 11.8 Å². The van der Waals surface area contributed by atoms with Crippen LogP contribution in [0.25, 0.3) is 16.7 Å². The highest BCUT2D eigenvalue weighted by Crippen LogP contribution is 2.28. The molecule has 27 heavy (non-hydrogen) atoms. The van der Waals surface area contributed by atoms with E-state index in [-0.39, 0.29) is 5.91 Å². The van der Waals surface area contributed by atoms with Crippen molar-refractivity contribution in [3.05, 3.63) is 84.9 Å². The second-order valence-corrected chi connectivity index (χ2v) is 7.07. The van der Waals surface area contributed by atoms with Gasteiger partial charge in [-0.3, -0.25) is 9.36 Å². The first-order valence-corrected chi connectivity index (χ1v) is 9.70. The van der Waals surface area contributed by atoms with E-state index in [4.69, 9.17) is 4.98 Å². The van der Waals surface area contributed by atoms with Gasteiger partial charge in [-0.25, -0.2) is 4.98 Å². The largest absolute Gasteiger partial charge is 0.315 e. The molecule has 0 fully saturated rings. The molecule has 4 rings (SSSR count). The lowest BCUT2D eigenvalue weighted by atomic mass is 10.3. The summed E-state index contributed by atoms with van der Waals surface area (Å²) >= 11 is 1.46. The number of aromatic nitrogens is 2. The van der Waals surface area contributed by atoms with E-state index >= 15 is 0 Å². The topological polar surface area (TPSA) is 38.1 Å². The number of nitrogens with zero attached hydrogens (tertiary/aromatic N) is 3. The van der Waals surface area contributed by atoms with Crippen LogP contribution in [0.5, 0.6) is 0 Å². The Hall–Kier alpha value is -3.05. The van der Waals surface area contributed by atoms with Crippen molar-refractivity contribution in [2.75, 3.05) is 17.7 Å². The third-order valence-electron chi connectivity index (χ3n) is 4.39. The highest BCUT2D eigenvalue weighted by Gasteiger charge is 2.16. The molecular weight excluding hydrogens is 354 g/mol. The quantitative estimate of drug-likeness (QED) is 0.473. The number of rotatable bonds is 5. The van der Waals surface area contributed by atoms with E-state index in [1.54, 1.807) is 11.9 Å². The highest BCUT2D eigenvalue weighted by atomic mass is 32.2. The molecule has 0 aliphatic heterocycles. The first-order chi connectivity index (χ1) is 13.2. The minimum Gasteiger partial charge on any atom is -0.315 e. The number of hydrogen-bond acceptors (Lipinski definition) is 3. The van der Waals surface area contributed by atoms with Crippen molar-refractivity contribution in [1.82, 2.24) is 9.55 Å². The predicted octanol–water partition coefficient (Wildman–Crippen LogP) is 4.78. The van der Waals surface area contributed by atoms with Gasteiger partial charge in [-0.1, -0.05) is 60.3 Å². The van der Waals surface area contributed by atoms with Gasteiger partial charge in [0.2, 0.25) is 5.91 Å². The second-order valence-electron chi connectivity index (χ2n) is 6.13. The Balaban J connectivity index is 1.62. The third-order valence-corrected chi connectivity index (χ3v) is 5.31. The van der Waals surface area contributed by atoms with Crippen LogP contribution in [0.15, 0.2) is 90.1 Å². The molecule has 0 radical (unpaired) electrons. The van der Waals surface area contributed by atoms with Crippen LogP contribution in [0, 0.1) is 0 Å².